The minimum atomic E-state index is -0.462. The van der Waals surface area contributed by atoms with Gasteiger partial charge in [0.05, 0.1) is 12.7 Å². The highest BCUT2D eigenvalue weighted by molar-refractivity contribution is 6.30. The van der Waals surface area contributed by atoms with Gasteiger partial charge in [-0.2, -0.15) is 0 Å². The predicted octanol–water partition coefficient (Wildman–Crippen LogP) is 2.44. The van der Waals surface area contributed by atoms with E-state index >= 15 is 0 Å². The lowest BCUT2D eigenvalue weighted by atomic mass is 10.2. The Morgan fingerprint density at radius 3 is 2.91 bits per heavy atom. The number of aryl methyl sites for hydroxylation is 1. The van der Waals surface area contributed by atoms with Crippen molar-refractivity contribution in [1.82, 2.24) is 24.5 Å². The molecule has 118 valence electrons. The molecule has 0 aliphatic heterocycles. The van der Waals surface area contributed by atoms with Gasteiger partial charge < -0.3 is 10.1 Å². The molecule has 2 aromatic heterocycles. The third kappa shape index (κ3) is 3.37. The maximum atomic E-state index is 11.0. The summed E-state index contributed by atoms with van der Waals surface area (Å²) >= 11 is 5.96. The monoisotopic (exact) mass is 332 g/mol. The molecule has 1 aromatic carbocycles. The van der Waals surface area contributed by atoms with Crippen LogP contribution >= 0.6 is 11.6 Å². The summed E-state index contributed by atoms with van der Waals surface area (Å²) in [4.78, 5) is 14.5. The van der Waals surface area contributed by atoms with Gasteiger partial charge in [-0.15, -0.1) is 5.10 Å². The van der Waals surface area contributed by atoms with E-state index in [1.807, 2.05) is 18.2 Å². The van der Waals surface area contributed by atoms with E-state index in [1.165, 1.54) is 10.8 Å². The second-order valence-corrected chi connectivity index (χ2v) is 5.48. The number of nitro groups is 1. The van der Waals surface area contributed by atoms with Gasteiger partial charge in [-0.05, 0) is 22.6 Å². The van der Waals surface area contributed by atoms with Crippen LogP contribution in [-0.4, -0.2) is 29.5 Å². The van der Waals surface area contributed by atoms with Crippen LogP contribution in [0.5, 0.6) is 0 Å². The van der Waals surface area contributed by atoms with E-state index in [2.05, 4.69) is 15.3 Å². The first-order valence-electron chi connectivity index (χ1n) is 6.83. The van der Waals surface area contributed by atoms with Crippen LogP contribution in [0.2, 0.25) is 5.02 Å². The molecule has 0 unspecified atom stereocenters. The zero-order valence-corrected chi connectivity index (χ0v) is 13.0. The summed E-state index contributed by atoms with van der Waals surface area (Å²) in [7, 11) is 0. The number of halogens is 1. The van der Waals surface area contributed by atoms with Crippen LogP contribution in [0.1, 0.15) is 17.1 Å². The van der Waals surface area contributed by atoms with Crippen molar-refractivity contribution in [2.24, 2.45) is 0 Å². The van der Waals surface area contributed by atoms with E-state index < -0.39 is 4.92 Å². The van der Waals surface area contributed by atoms with Crippen LogP contribution in [0.4, 0.5) is 5.82 Å². The van der Waals surface area contributed by atoms with E-state index in [0.717, 1.165) is 5.56 Å². The number of aromatic nitrogens is 5. The minimum absolute atomic E-state index is 0.0631. The maximum Gasteiger partial charge on any atom is 0.343 e. The van der Waals surface area contributed by atoms with Gasteiger partial charge in [0.2, 0.25) is 0 Å². The van der Waals surface area contributed by atoms with E-state index in [1.54, 1.807) is 23.9 Å². The van der Waals surface area contributed by atoms with E-state index in [9.17, 15) is 10.1 Å². The van der Waals surface area contributed by atoms with Crippen LogP contribution in [0.3, 0.4) is 0 Å². The van der Waals surface area contributed by atoms with Gasteiger partial charge >= 0.3 is 5.82 Å². The fourth-order valence-electron chi connectivity index (χ4n) is 2.27. The molecule has 0 atom stereocenters. The number of hydrogen-bond acceptors (Lipinski definition) is 5. The summed E-state index contributed by atoms with van der Waals surface area (Å²) in [5, 5.41) is 19.8. The van der Waals surface area contributed by atoms with Crippen molar-refractivity contribution >= 4 is 17.4 Å². The van der Waals surface area contributed by atoms with Crippen molar-refractivity contribution in [1.29, 1.82) is 0 Å². The Labute approximate surface area is 136 Å². The molecule has 9 heteroatoms. The Bertz CT molecular complexity index is 857. The fourth-order valence-corrected chi connectivity index (χ4v) is 2.48. The average Bonchev–Trinajstić information content (AvgIpc) is 3.07. The molecule has 0 saturated heterocycles. The lowest BCUT2D eigenvalue weighted by molar-refractivity contribution is -0.392. The van der Waals surface area contributed by atoms with Crippen LogP contribution in [-0.2, 0) is 13.1 Å². The van der Waals surface area contributed by atoms with Crippen LogP contribution in [0, 0.1) is 17.0 Å². The molecule has 0 amide bonds. The normalized spacial score (nSPS) is 10.9. The first-order valence-corrected chi connectivity index (χ1v) is 7.20. The molecule has 0 saturated carbocycles. The SMILES string of the molecule is Cc1ncc([N+](=O)[O-])n1Cc1cn(Cc2cccc(Cl)c2)nn1. The van der Waals surface area contributed by atoms with Crippen LogP contribution < -0.4 is 0 Å². The summed E-state index contributed by atoms with van der Waals surface area (Å²) in [5.74, 6) is 0.494. The van der Waals surface area contributed by atoms with Crippen molar-refractivity contribution < 1.29 is 4.92 Å². The van der Waals surface area contributed by atoms with Gasteiger partial charge in [-0.1, -0.05) is 28.9 Å². The number of hydrogen-bond donors (Lipinski definition) is 0. The number of nitrogens with zero attached hydrogens (tertiary/aromatic N) is 6. The topological polar surface area (TPSA) is 91.7 Å². The Morgan fingerprint density at radius 2 is 2.17 bits per heavy atom. The Morgan fingerprint density at radius 1 is 1.35 bits per heavy atom. The van der Waals surface area contributed by atoms with Gasteiger partial charge in [0.15, 0.2) is 5.82 Å². The van der Waals surface area contributed by atoms with Crippen LogP contribution in [0.15, 0.2) is 36.7 Å². The summed E-state index contributed by atoms with van der Waals surface area (Å²) in [5.41, 5.74) is 1.62. The molecule has 3 rings (SSSR count). The van der Waals surface area contributed by atoms with Gasteiger partial charge in [0.25, 0.3) is 0 Å². The van der Waals surface area contributed by atoms with Crippen molar-refractivity contribution in [3.8, 4) is 0 Å². The minimum Gasteiger partial charge on any atom is -0.358 e. The quantitative estimate of drug-likeness (QED) is 0.528. The lowest BCUT2D eigenvalue weighted by Gasteiger charge is -2.01. The van der Waals surface area contributed by atoms with E-state index in [4.69, 9.17) is 11.6 Å². The average molecular weight is 333 g/mol. The van der Waals surface area contributed by atoms with Gasteiger partial charge in [-0.25, -0.2) is 14.2 Å². The maximum absolute atomic E-state index is 11.0. The lowest BCUT2D eigenvalue weighted by Crippen LogP contribution is -2.06. The van der Waals surface area contributed by atoms with E-state index in [-0.39, 0.29) is 12.4 Å². The van der Waals surface area contributed by atoms with Crippen molar-refractivity contribution in [2.75, 3.05) is 0 Å². The van der Waals surface area contributed by atoms with Crippen molar-refractivity contribution in [3.63, 3.8) is 0 Å². The highest BCUT2D eigenvalue weighted by Gasteiger charge is 2.18. The molecule has 0 bridgehead atoms. The molecule has 0 N–H and O–H groups in total. The molecule has 23 heavy (non-hydrogen) atoms. The number of benzene rings is 1. The molecule has 3 aromatic rings. The summed E-state index contributed by atoms with van der Waals surface area (Å²) < 4.78 is 3.16. The first kappa shape index (κ1) is 15.2. The standard InChI is InChI=1S/C14H13ClN6O2/c1-10-16-6-14(21(22)23)20(10)9-13-8-19(18-17-13)7-11-3-2-4-12(15)5-11/h2-6,8H,7,9H2,1H3. The second kappa shape index (κ2) is 6.17. The molecule has 0 fully saturated rings. The van der Waals surface area contributed by atoms with Gasteiger partial charge in [-0.3, -0.25) is 0 Å². The zero-order chi connectivity index (χ0) is 16.4. The Hall–Kier alpha value is -2.74. The van der Waals surface area contributed by atoms with Gasteiger partial charge in [0.1, 0.15) is 18.4 Å². The molecule has 2 heterocycles. The molecule has 0 aliphatic carbocycles. The molecular formula is C14H13ClN6O2. The smallest absolute Gasteiger partial charge is 0.343 e. The summed E-state index contributed by atoms with van der Waals surface area (Å²) in [6, 6.07) is 7.47. The molecular weight excluding hydrogens is 320 g/mol. The molecule has 0 aliphatic rings. The fraction of sp³-hybridized carbons (Fsp3) is 0.214. The third-order valence-corrected chi connectivity index (χ3v) is 3.60. The highest BCUT2D eigenvalue weighted by Crippen LogP contribution is 2.16. The van der Waals surface area contributed by atoms with Crippen molar-refractivity contribution in [2.45, 2.75) is 20.0 Å². The molecule has 0 radical (unpaired) electrons. The van der Waals surface area contributed by atoms with Gasteiger partial charge in [0, 0.05) is 11.9 Å². The highest BCUT2D eigenvalue weighted by atomic mass is 35.5. The number of rotatable bonds is 5. The molecule has 0 spiro atoms. The van der Waals surface area contributed by atoms with Crippen molar-refractivity contribution in [3.05, 3.63) is 68.9 Å². The zero-order valence-electron chi connectivity index (χ0n) is 12.3. The first-order chi connectivity index (χ1) is 11.0. The number of imidazole rings is 1. The third-order valence-electron chi connectivity index (χ3n) is 3.36. The summed E-state index contributed by atoms with van der Waals surface area (Å²) in [6.45, 7) is 2.49. The van der Waals surface area contributed by atoms with Crippen LogP contribution in [0.25, 0.3) is 0 Å². The molecule has 8 nitrogen and oxygen atoms in total. The predicted molar refractivity (Wildman–Crippen MR) is 83.3 cm³/mol. The Kier molecular flexibility index (Phi) is 4.07. The second-order valence-electron chi connectivity index (χ2n) is 5.04. The largest absolute Gasteiger partial charge is 0.358 e. The van der Waals surface area contributed by atoms with E-state index in [0.29, 0.717) is 23.1 Å². The summed E-state index contributed by atoms with van der Waals surface area (Å²) in [6.07, 6.45) is 3.00. The Balaban J connectivity index is 1.78.